The van der Waals surface area contributed by atoms with E-state index in [1.54, 1.807) is 0 Å². The van der Waals surface area contributed by atoms with Crippen LogP contribution in [0.15, 0.2) is 54.6 Å². The van der Waals surface area contributed by atoms with E-state index in [0.29, 0.717) is 0 Å². The minimum Gasteiger partial charge on any atom is -0.494 e. The number of unbranched alkanes of at least 4 members (excludes halogenated alkanes) is 1. The maximum absolute atomic E-state index is 11.2. The largest absolute Gasteiger partial charge is 0.494 e. The number of aliphatic hydroxyl groups excluding tert-OH is 1. The summed E-state index contributed by atoms with van der Waals surface area (Å²) < 4.78 is 11.2. The molecular weight excluding hydrogens is 338 g/mol. The first-order chi connectivity index (χ1) is 13.3. The van der Waals surface area contributed by atoms with Crippen molar-refractivity contribution in [1.29, 1.82) is 0 Å². The van der Waals surface area contributed by atoms with Gasteiger partial charge in [-0.1, -0.05) is 55.8 Å². The molecule has 0 aromatic heterocycles. The fourth-order valence-electron chi connectivity index (χ4n) is 3.62. The van der Waals surface area contributed by atoms with Gasteiger partial charge >= 0.3 is 0 Å². The number of ether oxygens (including phenoxy) is 2. The van der Waals surface area contributed by atoms with Crippen LogP contribution in [0, 0.1) is 0 Å². The number of benzene rings is 2. The molecule has 4 nitrogen and oxygen atoms in total. The summed E-state index contributed by atoms with van der Waals surface area (Å²) in [6.45, 7) is 7.41. The number of aliphatic hydroxyl groups is 1. The highest BCUT2D eigenvalue weighted by Gasteiger charge is 2.28. The van der Waals surface area contributed by atoms with Crippen LogP contribution in [0.3, 0.4) is 0 Å². The summed E-state index contributed by atoms with van der Waals surface area (Å²) in [4.78, 5) is 1.49. The highest BCUT2D eigenvalue weighted by atomic mass is 16.5. The molecule has 1 heterocycles. The average Bonchev–Trinajstić information content (AvgIpc) is 2.74. The van der Waals surface area contributed by atoms with Crippen LogP contribution in [0.5, 0.6) is 5.75 Å². The Balaban J connectivity index is 1.72. The van der Waals surface area contributed by atoms with Crippen LogP contribution in [-0.2, 0) is 4.74 Å². The number of rotatable bonds is 9. The fourth-order valence-corrected chi connectivity index (χ4v) is 3.62. The highest BCUT2D eigenvalue weighted by Crippen LogP contribution is 2.31. The first-order valence-corrected chi connectivity index (χ1v) is 10.1. The van der Waals surface area contributed by atoms with Crippen molar-refractivity contribution < 1.29 is 19.5 Å². The number of hydrogen-bond donors (Lipinski definition) is 2. The Hall–Kier alpha value is -1.88. The summed E-state index contributed by atoms with van der Waals surface area (Å²) in [6.07, 6.45) is 1.65. The Morgan fingerprint density at radius 1 is 1.00 bits per heavy atom. The number of nitrogens with one attached hydrogen (secondary N) is 1. The van der Waals surface area contributed by atoms with E-state index in [4.69, 9.17) is 9.47 Å². The standard InChI is InChI=1S/C23H31NO3/c1-2-3-15-27-21-11-9-20(10-12-21)23(25)22(19-7-5-4-6-8-19)18-24-13-16-26-17-14-24/h4-12,22-23,25H,2-3,13-18H2,1H3/p+1. The molecule has 2 N–H and O–H groups in total. The van der Waals surface area contributed by atoms with Crippen LogP contribution in [0.25, 0.3) is 0 Å². The van der Waals surface area contributed by atoms with E-state index in [2.05, 4.69) is 19.1 Å². The normalized spacial score (nSPS) is 17.4. The zero-order valence-electron chi connectivity index (χ0n) is 16.3. The SMILES string of the molecule is CCCCOc1ccc(C(O)C(C[NH+]2CCOCC2)c2ccccc2)cc1. The van der Waals surface area contributed by atoms with E-state index in [9.17, 15) is 5.11 Å². The smallest absolute Gasteiger partial charge is 0.119 e. The number of hydrogen-bond acceptors (Lipinski definition) is 3. The van der Waals surface area contributed by atoms with Gasteiger partial charge in [0.25, 0.3) is 0 Å². The molecule has 146 valence electrons. The molecule has 1 fully saturated rings. The van der Waals surface area contributed by atoms with Gasteiger partial charge in [-0.05, 0) is 29.7 Å². The summed E-state index contributed by atoms with van der Waals surface area (Å²) in [6, 6.07) is 18.3. The molecule has 2 aromatic carbocycles. The topological polar surface area (TPSA) is 43.1 Å². The third kappa shape index (κ3) is 5.80. The van der Waals surface area contributed by atoms with Crippen LogP contribution in [0.4, 0.5) is 0 Å². The maximum atomic E-state index is 11.2. The molecule has 0 aliphatic carbocycles. The molecule has 3 rings (SSSR count). The molecule has 0 amide bonds. The molecule has 2 unspecified atom stereocenters. The van der Waals surface area contributed by atoms with Gasteiger partial charge in [-0.25, -0.2) is 0 Å². The third-order valence-corrected chi connectivity index (χ3v) is 5.31. The van der Waals surface area contributed by atoms with Crippen LogP contribution in [-0.4, -0.2) is 44.6 Å². The molecule has 0 radical (unpaired) electrons. The monoisotopic (exact) mass is 370 g/mol. The minimum atomic E-state index is -0.535. The lowest BCUT2D eigenvalue weighted by molar-refractivity contribution is -0.909. The lowest BCUT2D eigenvalue weighted by Crippen LogP contribution is -3.14. The molecule has 0 saturated carbocycles. The first-order valence-electron chi connectivity index (χ1n) is 10.1. The molecule has 2 aromatic rings. The molecule has 2 atom stereocenters. The minimum absolute atomic E-state index is 0.0613. The molecule has 27 heavy (non-hydrogen) atoms. The number of quaternary nitrogens is 1. The van der Waals surface area contributed by atoms with Crippen molar-refractivity contribution in [2.75, 3.05) is 39.5 Å². The van der Waals surface area contributed by atoms with Crippen molar-refractivity contribution in [3.8, 4) is 5.75 Å². The van der Waals surface area contributed by atoms with E-state index in [1.807, 2.05) is 42.5 Å². The zero-order valence-corrected chi connectivity index (χ0v) is 16.3. The summed E-state index contributed by atoms with van der Waals surface area (Å²) in [5, 5.41) is 11.2. The molecule has 4 heteroatoms. The van der Waals surface area contributed by atoms with Crippen LogP contribution >= 0.6 is 0 Å². The van der Waals surface area contributed by atoms with E-state index in [1.165, 1.54) is 10.5 Å². The predicted octanol–water partition coefficient (Wildman–Crippen LogP) is 2.60. The lowest BCUT2D eigenvalue weighted by atomic mass is 9.88. The zero-order chi connectivity index (χ0) is 18.9. The highest BCUT2D eigenvalue weighted by molar-refractivity contribution is 5.31. The Morgan fingerprint density at radius 2 is 1.70 bits per heavy atom. The van der Waals surface area contributed by atoms with Gasteiger partial charge in [-0.15, -0.1) is 0 Å². The van der Waals surface area contributed by atoms with E-state index in [0.717, 1.165) is 63.6 Å². The summed E-state index contributed by atoms with van der Waals surface area (Å²) >= 11 is 0. The molecular formula is C23H32NO3+. The second-order valence-electron chi connectivity index (χ2n) is 7.30. The molecule has 0 spiro atoms. The Kier molecular flexibility index (Phi) is 7.69. The molecule has 1 saturated heterocycles. The molecule has 1 aliphatic heterocycles. The van der Waals surface area contributed by atoms with Crippen molar-refractivity contribution >= 4 is 0 Å². The van der Waals surface area contributed by atoms with Gasteiger partial charge in [0.05, 0.1) is 38.4 Å². The number of morpholine rings is 1. The second kappa shape index (κ2) is 10.5. The van der Waals surface area contributed by atoms with Crippen molar-refractivity contribution in [2.45, 2.75) is 31.8 Å². The van der Waals surface area contributed by atoms with Crippen molar-refractivity contribution in [3.63, 3.8) is 0 Å². The quantitative estimate of drug-likeness (QED) is 0.667. The maximum Gasteiger partial charge on any atom is 0.119 e. The van der Waals surface area contributed by atoms with Gasteiger partial charge in [0.15, 0.2) is 0 Å². The Labute approximate surface area is 162 Å². The lowest BCUT2D eigenvalue weighted by Gasteiger charge is -2.30. The van der Waals surface area contributed by atoms with E-state index in [-0.39, 0.29) is 5.92 Å². The van der Waals surface area contributed by atoms with Crippen molar-refractivity contribution in [2.24, 2.45) is 0 Å². The van der Waals surface area contributed by atoms with Gasteiger partial charge in [-0.3, -0.25) is 0 Å². The van der Waals surface area contributed by atoms with Gasteiger partial charge in [-0.2, -0.15) is 0 Å². The van der Waals surface area contributed by atoms with Gasteiger partial charge in [0.1, 0.15) is 18.8 Å². The van der Waals surface area contributed by atoms with Crippen LogP contribution in [0.1, 0.15) is 42.9 Å². The van der Waals surface area contributed by atoms with Crippen LogP contribution in [0.2, 0.25) is 0 Å². The van der Waals surface area contributed by atoms with E-state index >= 15 is 0 Å². The van der Waals surface area contributed by atoms with Gasteiger partial charge in [0.2, 0.25) is 0 Å². The van der Waals surface area contributed by atoms with Gasteiger partial charge < -0.3 is 19.5 Å². The van der Waals surface area contributed by atoms with Crippen molar-refractivity contribution in [1.82, 2.24) is 0 Å². The van der Waals surface area contributed by atoms with Crippen molar-refractivity contribution in [3.05, 3.63) is 65.7 Å². The van der Waals surface area contributed by atoms with Gasteiger partial charge in [0, 0.05) is 0 Å². The third-order valence-electron chi connectivity index (χ3n) is 5.31. The Morgan fingerprint density at radius 3 is 2.37 bits per heavy atom. The summed E-state index contributed by atoms with van der Waals surface area (Å²) in [5.74, 6) is 0.931. The predicted molar refractivity (Wildman–Crippen MR) is 107 cm³/mol. The fraction of sp³-hybridized carbons (Fsp3) is 0.478. The average molecular weight is 371 g/mol. The first kappa shape index (κ1) is 19.9. The summed E-state index contributed by atoms with van der Waals surface area (Å²) in [7, 11) is 0. The Bertz CT molecular complexity index is 653. The molecule has 0 bridgehead atoms. The van der Waals surface area contributed by atoms with Crippen LogP contribution < -0.4 is 9.64 Å². The summed E-state index contributed by atoms with van der Waals surface area (Å²) in [5.41, 5.74) is 2.13. The second-order valence-corrected chi connectivity index (χ2v) is 7.30. The van der Waals surface area contributed by atoms with E-state index < -0.39 is 6.10 Å². The molecule has 1 aliphatic rings.